The molecule has 0 saturated heterocycles. The Labute approximate surface area is 97.7 Å². The fraction of sp³-hybridized carbons (Fsp3) is 0.333. The van der Waals surface area contributed by atoms with Gasteiger partial charge in [-0.05, 0) is 19.9 Å². The van der Waals surface area contributed by atoms with Crippen LogP contribution in [0.5, 0.6) is 0 Å². The maximum Gasteiger partial charge on any atom is 0.311 e. The largest absolute Gasteiger partial charge is 0.481 e. The highest BCUT2D eigenvalue weighted by Crippen LogP contribution is 2.05. The quantitative estimate of drug-likeness (QED) is 0.842. The molecule has 2 rings (SSSR count). The van der Waals surface area contributed by atoms with Crippen LogP contribution in [0.4, 0.5) is 0 Å². The molecule has 86 valence electrons. The summed E-state index contributed by atoms with van der Waals surface area (Å²) in [6.45, 7) is 3.74. The molecule has 2 aromatic heterocycles. The van der Waals surface area contributed by atoms with Gasteiger partial charge in [-0.15, -0.1) is 17.5 Å². The molecule has 2 aromatic rings. The Morgan fingerprint density at radius 3 is 2.75 bits per heavy atom. The first-order valence-electron chi connectivity index (χ1n) is 4.48. The maximum absolute atomic E-state index is 10.5. The van der Waals surface area contributed by atoms with Gasteiger partial charge in [0.25, 0.3) is 5.78 Å². The number of carboxylic acid groups (broad SMARTS) is 1. The Morgan fingerprint density at radius 1 is 1.44 bits per heavy atom. The topological polar surface area (TPSA) is 80.4 Å². The van der Waals surface area contributed by atoms with Crippen molar-refractivity contribution in [2.24, 2.45) is 0 Å². The predicted molar refractivity (Wildman–Crippen MR) is 58.8 cm³/mol. The molecule has 0 aliphatic heterocycles. The fourth-order valence-electron chi connectivity index (χ4n) is 1.42. The summed E-state index contributed by atoms with van der Waals surface area (Å²) in [6, 6.07) is 1.87. The van der Waals surface area contributed by atoms with Crippen LogP contribution in [0.3, 0.4) is 0 Å². The van der Waals surface area contributed by atoms with Crippen LogP contribution in [0.1, 0.15) is 17.2 Å². The van der Waals surface area contributed by atoms with Crippen LogP contribution in [0, 0.1) is 13.8 Å². The zero-order chi connectivity index (χ0) is 11.0. The van der Waals surface area contributed by atoms with Gasteiger partial charge in [-0.25, -0.2) is 9.50 Å². The molecule has 0 bridgehead atoms. The number of aliphatic carboxylic acids is 1. The lowest BCUT2D eigenvalue weighted by molar-refractivity contribution is -0.136. The van der Waals surface area contributed by atoms with Crippen molar-refractivity contribution >= 4 is 24.2 Å². The molecule has 1 N–H and O–H groups in total. The minimum Gasteiger partial charge on any atom is -0.481 e. The van der Waals surface area contributed by atoms with E-state index in [9.17, 15) is 4.79 Å². The summed E-state index contributed by atoms with van der Waals surface area (Å²) in [5.74, 6) is -0.215. The molecule has 16 heavy (non-hydrogen) atoms. The van der Waals surface area contributed by atoms with Crippen molar-refractivity contribution in [1.82, 2.24) is 19.6 Å². The number of nitrogens with zero attached hydrogens (tertiary/aromatic N) is 4. The van der Waals surface area contributed by atoms with Crippen molar-refractivity contribution in [3.63, 3.8) is 0 Å². The highest BCUT2D eigenvalue weighted by Gasteiger charge is 2.10. The maximum atomic E-state index is 10.5. The molecule has 6 nitrogen and oxygen atoms in total. The summed E-state index contributed by atoms with van der Waals surface area (Å²) in [5, 5.41) is 12.7. The highest BCUT2D eigenvalue weighted by atomic mass is 35.5. The van der Waals surface area contributed by atoms with E-state index in [2.05, 4.69) is 15.1 Å². The third-order valence-corrected chi connectivity index (χ3v) is 1.97. The number of aromatic nitrogens is 4. The Kier molecular flexibility index (Phi) is 3.44. The molecular formula is C9H11ClN4O2. The summed E-state index contributed by atoms with van der Waals surface area (Å²) in [5.41, 5.74) is 1.73. The molecule has 0 radical (unpaired) electrons. The summed E-state index contributed by atoms with van der Waals surface area (Å²) in [7, 11) is 0. The van der Waals surface area contributed by atoms with E-state index in [1.807, 2.05) is 19.9 Å². The van der Waals surface area contributed by atoms with Crippen molar-refractivity contribution in [3.8, 4) is 0 Å². The van der Waals surface area contributed by atoms with E-state index >= 15 is 0 Å². The number of carbonyl (C=O) groups is 1. The van der Waals surface area contributed by atoms with E-state index in [1.54, 1.807) is 4.52 Å². The minimum atomic E-state index is -0.944. The number of carboxylic acids is 1. The standard InChI is InChI=1S/C9H10N4O2.ClH/c1-5-3-6(2)13-9(10-5)11-7(12-13)4-8(14)15;/h3H,4H2,1-2H3,(H,14,15);1H. The van der Waals surface area contributed by atoms with Crippen LogP contribution in [0.15, 0.2) is 6.07 Å². The van der Waals surface area contributed by atoms with Crippen LogP contribution in [0.2, 0.25) is 0 Å². The summed E-state index contributed by atoms with van der Waals surface area (Å²) < 4.78 is 1.55. The lowest BCUT2D eigenvalue weighted by Gasteiger charge is -1.97. The van der Waals surface area contributed by atoms with Gasteiger partial charge < -0.3 is 5.11 Å². The predicted octanol–water partition coefficient (Wildman–Crippen LogP) is 0.790. The van der Waals surface area contributed by atoms with Crippen LogP contribution in [-0.4, -0.2) is 30.7 Å². The van der Waals surface area contributed by atoms with Gasteiger partial charge in [-0.1, -0.05) is 0 Å². The van der Waals surface area contributed by atoms with Gasteiger partial charge >= 0.3 is 5.97 Å². The number of hydrogen-bond donors (Lipinski definition) is 1. The van der Waals surface area contributed by atoms with E-state index in [4.69, 9.17) is 5.11 Å². The molecule has 0 aliphatic carbocycles. The third-order valence-electron chi connectivity index (χ3n) is 1.97. The van der Waals surface area contributed by atoms with Gasteiger partial charge in [0, 0.05) is 11.4 Å². The zero-order valence-electron chi connectivity index (χ0n) is 8.84. The number of aryl methyl sites for hydroxylation is 2. The van der Waals surface area contributed by atoms with Crippen LogP contribution in [0.25, 0.3) is 5.78 Å². The number of rotatable bonds is 2. The van der Waals surface area contributed by atoms with E-state index in [0.717, 1.165) is 11.4 Å². The van der Waals surface area contributed by atoms with Gasteiger partial charge in [0.05, 0.1) is 0 Å². The number of halogens is 1. The van der Waals surface area contributed by atoms with Crippen molar-refractivity contribution in [2.45, 2.75) is 20.3 Å². The van der Waals surface area contributed by atoms with Crippen molar-refractivity contribution < 1.29 is 9.90 Å². The molecular weight excluding hydrogens is 232 g/mol. The summed E-state index contributed by atoms with van der Waals surface area (Å²) in [6.07, 6.45) is -0.179. The van der Waals surface area contributed by atoms with Crippen molar-refractivity contribution in [2.75, 3.05) is 0 Å². The second-order valence-electron chi connectivity index (χ2n) is 3.35. The van der Waals surface area contributed by atoms with Crippen LogP contribution in [-0.2, 0) is 11.2 Å². The molecule has 2 heterocycles. The molecule has 7 heteroatoms. The highest BCUT2D eigenvalue weighted by molar-refractivity contribution is 5.85. The lowest BCUT2D eigenvalue weighted by atomic mass is 10.4. The molecule has 0 unspecified atom stereocenters. The number of hydrogen-bond acceptors (Lipinski definition) is 4. The average molecular weight is 243 g/mol. The monoisotopic (exact) mass is 242 g/mol. The average Bonchev–Trinajstić information content (AvgIpc) is 2.45. The first-order valence-corrected chi connectivity index (χ1v) is 4.48. The van der Waals surface area contributed by atoms with Crippen LogP contribution < -0.4 is 0 Å². The van der Waals surface area contributed by atoms with Gasteiger partial charge in [0.1, 0.15) is 6.42 Å². The molecule has 0 saturated carbocycles. The Morgan fingerprint density at radius 2 is 2.12 bits per heavy atom. The molecule has 0 amide bonds. The van der Waals surface area contributed by atoms with Gasteiger partial charge in [0.2, 0.25) is 0 Å². The molecule has 0 fully saturated rings. The third kappa shape index (κ3) is 2.27. The Bertz CT molecular complexity index is 538. The second kappa shape index (κ2) is 4.44. The Hall–Kier alpha value is -1.69. The summed E-state index contributed by atoms with van der Waals surface area (Å²) in [4.78, 5) is 18.7. The first-order chi connectivity index (χ1) is 7.06. The Balaban J connectivity index is 0.00000128. The van der Waals surface area contributed by atoms with Crippen molar-refractivity contribution in [1.29, 1.82) is 0 Å². The number of fused-ring (bicyclic) bond motifs is 1. The molecule has 0 aromatic carbocycles. The van der Waals surface area contributed by atoms with E-state index in [1.165, 1.54) is 0 Å². The first kappa shape index (κ1) is 12.4. The van der Waals surface area contributed by atoms with Gasteiger partial charge in [-0.3, -0.25) is 4.79 Å². The lowest BCUT2D eigenvalue weighted by Crippen LogP contribution is -2.02. The molecule has 0 atom stereocenters. The van der Waals surface area contributed by atoms with E-state index in [-0.39, 0.29) is 24.7 Å². The smallest absolute Gasteiger partial charge is 0.311 e. The normalized spacial score (nSPS) is 10.1. The molecule has 0 aliphatic rings. The molecule has 0 spiro atoms. The second-order valence-corrected chi connectivity index (χ2v) is 3.35. The van der Waals surface area contributed by atoms with Crippen LogP contribution >= 0.6 is 12.4 Å². The van der Waals surface area contributed by atoms with Crippen molar-refractivity contribution in [3.05, 3.63) is 23.3 Å². The fourth-order valence-corrected chi connectivity index (χ4v) is 1.42. The SMILES string of the molecule is Cc1cc(C)n2nc(CC(=O)O)nc2n1.Cl. The van der Waals surface area contributed by atoms with Gasteiger partial charge in [0.15, 0.2) is 5.82 Å². The van der Waals surface area contributed by atoms with E-state index in [0.29, 0.717) is 5.78 Å². The van der Waals surface area contributed by atoms with E-state index < -0.39 is 5.97 Å². The zero-order valence-corrected chi connectivity index (χ0v) is 9.65. The summed E-state index contributed by atoms with van der Waals surface area (Å²) >= 11 is 0. The van der Waals surface area contributed by atoms with Gasteiger partial charge in [-0.2, -0.15) is 4.98 Å². The minimum absolute atomic E-state index is 0.